The van der Waals surface area contributed by atoms with Crippen molar-refractivity contribution in [3.8, 4) is 5.69 Å². The van der Waals surface area contributed by atoms with Crippen molar-refractivity contribution in [2.24, 2.45) is 0 Å². The first-order chi connectivity index (χ1) is 7.22. The Morgan fingerprint density at radius 2 is 2.20 bits per heavy atom. The van der Waals surface area contributed by atoms with Gasteiger partial charge in [-0.1, -0.05) is 6.07 Å². The van der Waals surface area contributed by atoms with Crippen molar-refractivity contribution in [1.82, 2.24) is 9.55 Å². The Morgan fingerprint density at radius 1 is 1.40 bits per heavy atom. The number of aryl methyl sites for hydroxylation is 1. The minimum atomic E-state index is 0.833. The van der Waals surface area contributed by atoms with Crippen molar-refractivity contribution in [1.29, 1.82) is 0 Å². The number of nitrogens with one attached hydrogen (secondary N) is 1. The molecule has 0 spiro atoms. The molecule has 0 aliphatic rings. The van der Waals surface area contributed by atoms with E-state index in [1.165, 1.54) is 5.56 Å². The minimum Gasteiger partial charge on any atom is -0.358 e. The van der Waals surface area contributed by atoms with Gasteiger partial charge in [-0.2, -0.15) is 0 Å². The molecule has 2 aromatic rings. The molecule has 0 aliphatic carbocycles. The van der Waals surface area contributed by atoms with Crippen molar-refractivity contribution in [2.75, 3.05) is 12.4 Å². The van der Waals surface area contributed by atoms with Crippen LogP contribution in [-0.2, 0) is 0 Å². The fraction of sp³-hybridized carbons (Fsp3) is 0.182. The third-order valence-corrected chi connectivity index (χ3v) is 2.86. The lowest BCUT2D eigenvalue weighted by molar-refractivity contribution is 1.05. The van der Waals surface area contributed by atoms with Crippen molar-refractivity contribution in [3.63, 3.8) is 0 Å². The van der Waals surface area contributed by atoms with E-state index >= 15 is 0 Å². The van der Waals surface area contributed by atoms with Gasteiger partial charge in [0.05, 0.1) is 5.69 Å². The van der Waals surface area contributed by atoms with Gasteiger partial charge < -0.3 is 5.32 Å². The van der Waals surface area contributed by atoms with Crippen LogP contribution in [0.15, 0.2) is 35.1 Å². The van der Waals surface area contributed by atoms with Gasteiger partial charge in [0.15, 0.2) is 0 Å². The van der Waals surface area contributed by atoms with Crippen molar-refractivity contribution in [3.05, 3.63) is 40.6 Å². The molecule has 78 valence electrons. The average molecular weight is 266 g/mol. The van der Waals surface area contributed by atoms with Gasteiger partial charge in [-0.25, -0.2) is 4.98 Å². The molecular formula is C11H12BrN3. The number of anilines is 1. The van der Waals surface area contributed by atoms with Crippen molar-refractivity contribution in [2.45, 2.75) is 6.92 Å². The van der Waals surface area contributed by atoms with E-state index in [1.807, 2.05) is 17.8 Å². The second-order valence-corrected chi connectivity index (χ2v) is 4.18. The molecule has 0 aliphatic heterocycles. The molecule has 1 N–H and O–H groups in total. The largest absolute Gasteiger partial charge is 0.358 e. The highest BCUT2D eigenvalue weighted by molar-refractivity contribution is 9.10. The van der Waals surface area contributed by atoms with Crippen LogP contribution < -0.4 is 5.32 Å². The van der Waals surface area contributed by atoms with Crippen LogP contribution in [0.2, 0.25) is 0 Å². The van der Waals surface area contributed by atoms with Gasteiger partial charge in [-0.05, 0) is 40.5 Å². The van der Waals surface area contributed by atoms with Crippen LogP contribution in [0.5, 0.6) is 0 Å². The molecule has 1 heterocycles. The molecule has 1 aromatic heterocycles. The fourth-order valence-corrected chi connectivity index (χ4v) is 2.17. The number of hydrogen-bond donors (Lipinski definition) is 1. The zero-order valence-corrected chi connectivity index (χ0v) is 10.2. The molecule has 0 saturated heterocycles. The maximum Gasteiger partial charge on any atom is 0.207 e. The molecule has 0 bridgehead atoms. The van der Waals surface area contributed by atoms with Gasteiger partial charge in [0.25, 0.3) is 0 Å². The van der Waals surface area contributed by atoms with Crippen molar-refractivity contribution >= 4 is 21.9 Å². The van der Waals surface area contributed by atoms with Gasteiger partial charge in [0.1, 0.15) is 0 Å². The highest BCUT2D eigenvalue weighted by atomic mass is 79.9. The Morgan fingerprint density at radius 3 is 2.87 bits per heavy atom. The third-order valence-electron chi connectivity index (χ3n) is 2.23. The molecule has 0 radical (unpaired) electrons. The number of benzene rings is 1. The number of aromatic nitrogens is 2. The van der Waals surface area contributed by atoms with Crippen LogP contribution in [0.1, 0.15) is 5.56 Å². The van der Waals surface area contributed by atoms with Crippen LogP contribution in [0.3, 0.4) is 0 Å². The predicted octanol–water partition coefficient (Wildman–Crippen LogP) is 2.98. The first kappa shape index (κ1) is 10.2. The Labute approximate surface area is 97.3 Å². The summed E-state index contributed by atoms with van der Waals surface area (Å²) in [4.78, 5) is 4.21. The molecular weight excluding hydrogens is 254 g/mol. The smallest absolute Gasteiger partial charge is 0.207 e. The summed E-state index contributed by atoms with van der Waals surface area (Å²) >= 11 is 3.56. The van der Waals surface area contributed by atoms with Crippen LogP contribution in [0, 0.1) is 6.92 Å². The molecule has 2 rings (SSSR count). The van der Waals surface area contributed by atoms with E-state index in [0.717, 1.165) is 16.1 Å². The van der Waals surface area contributed by atoms with E-state index in [2.05, 4.69) is 51.4 Å². The summed E-state index contributed by atoms with van der Waals surface area (Å²) in [6.07, 6.45) is 3.71. The second-order valence-electron chi connectivity index (χ2n) is 3.33. The zero-order valence-electron chi connectivity index (χ0n) is 8.66. The van der Waals surface area contributed by atoms with Crippen LogP contribution >= 0.6 is 15.9 Å². The number of imidazole rings is 1. The first-order valence-corrected chi connectivity index (χ1v) is 5.49. The second kappa shape index (κ2) is 4.06. The quantitative estimate of drug-likeness (QED) is 0.905. The lowest BCUT2D eigenvalue weighted by atomic mass is 10.2. The van der Waals surface area contributed by atoms with Crippen molar-refractivity contribution < 1.29 is 0 Å². The Balaban J connectivity index is 2.54. The number of rotatable bonds is 2. The first-order valence-electron chi connectivity index (χ1n) is 4.70. The van der Waals surface area contributed by atoms with E-state index < -0.39 is 0 Å². The summed E-state index contributed by atoms with van der Waals surface area (Å²) in [6, 6.07) is 6.25. The Kier molecular flexibility index (Phi) is 2.77. The maximum atomic E-state index is 4.21. The fourth-order valence-electron chi connectivity index (χ4n) is 1.49. The van der Waals surface area contributed by atoms with Crippen LogP contribution in [0.25, 0.3) is 5.69 Å². The molecule has 3 nitrogen and oxygen atoms in total. The van der Waals surface area contributed by atoms with Gasteiger partial charge in [0.2, 0.25) is 5.95 Å². The number of hydrogen-bond acceptors (Lipinski definition) is 2. The molecule has 0 atom stereocenters. The van der Waals surface area contributed by atoms with E-state index in [-0.39, 0.29) is 0 Å². The summed E-state index contributed by atoms with van der Waals surface area (Å²) in [5, 5.41) is 3.05. The SMILES string of the molecule is CNc1nccn1-c1ccc(C)cc1Br. The topological polar surface area (TPSA) is 29.9 Å². The van der Waals surface area contributed by atoms with Crippen LogP contribution in [0.4, 0.5) is 5.95 Å². The van der Waals surface area contributed by atoms with E-state index in [9.17, 15) is 0 Å². The summed E-state index contributed by atoms with van der Waals surface area (Å²) in [5.41, 5.74) is 2.32. The highest BCUT2D eigenvalue weighted by Gasteiger charge is 2.06. The molecule has 4 heteroatoms. The van der Waals surface area contributed by atoms with Crippen LogP contribution in [-0.4, -0.2) is 16.6 Å². The van der Waals surface area contributed by atoms with Gasteiger partial charge in [-0.15, -0.1) is 0 Å². The molecule has 0 amide bonds. The monoisotopic (exact) mass is 265 g/mol. The molecule has 0 fully saturated rings. The predicted molar refractivity (Wildman–Crippen MR) is 65.5 cm³/mol. The minimum absolute atomic E-state index is 0.833. The Hall–Kier alpha value is -1.29. The van der Waals surface area contributed by atoms with E-state index in [1.54, 1.807) is 6.20 Å². The normalized spacial score (nSPS) is 10.3. The summed E-state index contributed by atoms with van der Waals surface area (Å²) in [5.74, 6) is 0.833. The van der Waals surface area contributed by atoms with E-state index in [0.29, 0.717) is 0 Å². The summed E-state index contributed by atoms with van der Waals surface area (Å²) in [7, 11) is 1.86. The lowest BCUT2D eigenvalue weighted by Gasteiger charge is -2.09. The summed E-state index contributed by atoms with van der Waals surface area (Å²) < 4.78 is 3.07. The number of halogens is 1. The number of nitrogens with zero attached hydrogens (tertiary/aromatic N) is 2. The Bertz CT molecular complexity index is 476. The molecule has 0 unspecified atom stereocenters. The zero-order chi connectivity index (χ0) is 10.8. The standard InChI is InChI=1S/C11H12BrN3/c1-8-3-4-10(9(12)7-8)15-6-5-14-11(15)13-2/h3-7H,1-2H3,(H,13,14). The van der Waals surface area contributed by atoms with Gasteiger partial charge >= 0.3 is 0 Å². The maximum absolute atomic E-state index is 4.21. The summed E-state index contributed by atoms with van der Waals surface area (Å²) in [6.45, 7) is 2.07. The third kappa shape index (κ3) is 1.90. The van der Waals surface area contributed by atoms with Gasteiger partial charge in [0, 0.05) is 23.9 Å². The lowest BCUT2D eigenvalue weighted by Crippen LogP contribution is -2.01. The molecule has 1 aromatic carbocycles. The highest BCUT2D eigenvalue weighted by Crippen LogP contribution is 2.24. The van der Waals surface area contributed by atoms with E-state index in [4.69, 9.17) is 0 Å². The molecule has 15 heavy (non-hydrogen) atoms. The molecule has 0 saturated carbocycles. The average Bonchev–Trinajstić information content (AvgIpc) is 2.65. The van der Waals surface area contributed by atoms with Gasteiger partial charge in [-0.3, -0.25) is 4.57 Å².